The van der Waals surface area contributed by atoms with Crippen molar-refractivity contribution in [2.24, 2.45) is 0 Å². The van der Waals surface area contributed by atoms with Crippen molar-refractivity contribution in [3.8, 4) is 0 Å². The average Bonchev–Trinajstić information content (AvgIpc) is 2.50. The molecule has 0 aromatic rings. The van der Waals surface area contributed by atoms with Gasteiger partial charge in [0.1, 0.15) is 5.73 Å². The largest absolute Gasteiger partial charge is 0.436 e. The summed E-state index contributed by atoms with van der Waals surface area (Å²) < 4.78 is 23.4. The van der Waals surface area contributed by atoms with Crippen LogP contribution in [0.5, 0.6) is 0 Å². The third-order valence-corrected chi connectivity index (χ3v) is 7.40. The summed E-state index contributed by atoms with van der Waals surface area (Å²) in [5, 5.41) is 0. The first kappa shape index (κ1) is 20.6. The Labute approximate surface area is 130 Å². The molecule has 0 radical (unpaired) electrons. The molecule has 0 aromatic heterocycles. The SMILES string of the molecule is CCO[Si](CC)(OCC)C(CC)OC(CC)OC(=O)CC. The van der Waals surface area contributed by atoms with Crippen molar-refractivity contribution in [3.63, 3.8) is 0 Å². The number of ether oxygens (including phenoxy) is 2. The van der Waals surface area contributed by atoms with Crippen molar-refractivity contribution in [2.75, 3.05) is 13.2 Å². The molecule has 0 aliphatic carbocycles. The van der Waals surface area contributed by atoms with Crippen molar-refractivity contribution >= 4 is 14.5 Å². The summed E-state index contributed by atoms with van der Waals surface area (Å²) in [6.07, 6.45) is 1.22. The molecule has 0 aliphatic rings. The molecule has 0 aliphatic heterocycles. The lowest BCUT2D eigenvalue weighted by Crippen LogP contribution is -2.55. The van der Waals surface area contributed by atoms with E-state index in [-0.39, 0.29) is 11.7 Å². The number of esters is 1. The molecular weight excluding hydrogens is 288 g/mol. The molecule has 21 heavy (non-hydrogen) atoms. The van der Waals surface area contributed by atoms with Gasteiger partial charge in [-0.2, -0.15) is 0 Å². The van der Waals surface area contributed by atoms with E-state index in [4.69, 9.17) is 18.3 Å². The Hall–Kier alpha value is -0.433. The molecule has 0 aromatic carbocycles. The predicted octanol–water partition coefficient (Wildman–Crippen LogP) is 3.55. The van der Waals surface area contributed by atoms with Crippen LogP contribution in [-0.2, 0) is 23.1 Å². The molecule has 0 saturated heterocycles. The molecule has 0 heterocycles. The highest BCUT2D eigenvalue weighted by Crippen LogP contribution is 2.25. The molecule has 0 saturated carbocycles. The summed E-state index contributed by atoms with van der Waals surface area (Å²) in [7, 11) is -2.45. The van der Waals surface area contributed by atoms with E-state index in [0.29, 0.717) is 26.1 Å². The Kier molecular flexibility index (Phi) is 10.9. The summed E-state index contributed by atoms with van der Waals surface area (Å²) in [5.74, 6) is -0.242. The van der Waals surface area contributed by atoms with Crippen molar-refractivity contribution in [3.05, 3.63) is 0 Å². The van der Waals surface area contributed by atoms with Gasteiger partial charge >= 0.3 is 14.5 Å². The second-order valence-corrected chi connectivity index (χ2v) is 8.30. The Morgan fingerprint density at radius 1 is 0.952 bits per heavy atom. The lowest BCUT2D eigenvalue weighted by Gasteiger charge is -2.37. The zero-order valence-corrected chi connectivity index (χ0v) is 15.4. The number of carbonyl (C=O) groups excluding carboxylic acids is 1. The molecule has 2 unspecified atom stereocenters. The van der Waals surface area contributed by atoms with Crippen LogP contribution in [0.2, 0.25) is 6.04 Å². The van der Waals surface area contributed by atoms with Crippen LogP contribution in [0.3, 0.4) is 0 Å². The minimum atomic E-state index is -2.45. The molecular formula is C15H32O5Si. The van der Waals surface area contributed by atoms with E-state index >= 15 is 0 Å². The highest BCUT2D eigenvalue weighted by Gasteiger charge is 2.45. The second-order valence-electron chi connectivity index (χ2n) is 4.75. The van der Waals surface area contributed by atoms with Crippen molar-refractivity contribution in [2.45, 2.75) is 78.9 Å². The first-order valence-electron chi connectivity index (χ1n) is 8.16. The maximum atomic E-state index is 11.5. The van der Waals surface area contributed by atoms with Gasteiger partial charge in [-0.3, -0.25) is 4.79 Å². The first-order valence-corrected chi connectivity index (χ1v) is 10.3. The molecule has 0 spiro atoms. The normalized spacial score (nSPS) is 14.8. The summed E-state index contributed by atoms with van der Waals surface area (Å²) in [5.41, 5.74) is -0.142. The summed E-state index contributed by atoms with van der Waals surface area (Å²) in [4.78, 5) is 11.5. The van der Waals surface area contributed by atoms with Crippen molar-refractivity contribution < 1.29 is 23.1 Å². The molecule has 0 amide bonds. The summed E-state index contributed by atoms with van der Waals surface area (Å²) in [6, 6.07) is 0.811. The third-order valence-electron chi connectivity index (χ3n) is 3.33. The van der Waals surface area contributed by atoms with Crippen molar-refractivity contribution in [1.82, 2.24) is 0 Å². The second kappa shape index (κ2) is 11.2. The fourth-order valence-corrected chi connectivity index (χ4v) is 5.56. The molecule has 0 fully saturated rings. The highest BCUT2D eigenvalue weighted by molar-refractivity contribution is 6.68. The number of hydrogen-bond donors (Lipinski definition) is 0. The van der Waals surface area contributed by atoms with E-state index in [1.165, 1.54) is 0 Å². The molecule has 5 nitrogen and oxygen atoms in total. The standard InChI is InChI=1S/C15H32O5Si/c1-7-13(16)19-14(8-2)20-15(9-3)21(12-6,17-10-4)18-11-5/h14-15H,7-12H2,1-6H3. The molecule has 126 valence electrons. The predicted molar refractivity (Wildman–Crippen MR) is 85.1 cm³/mol. The van der Waals surface area contributed by atoms with Crippen LogP contribution >= 0.6 is 0 Å². The highest BCUT2D eigenvalue weighted by atomic mass is 28.4. The van der Waals surface area contributed by atoms with Crippen molar-refractivity contribution in [1.29, 1.82) is 0 Å². The third kappa shape index (κ3) is 6.46. The Morgan fingerprint density at radius 2 is 1.52 bits per heavy atom. The van der Waals surface area contributed by atoms with Crippen LogP contribution in [0, 0.1) is 0 Å². The van der Waals surface area contributed by atoms with E-state index in [2.05, 4.69) is 13.8 Å². The van der Waals surface area contributed by atoms with Crippen LogP contribution in [-0.4, -0.2) is 39.8 Å². The van der Waals surface area contributed by atoms with E-state index in [1.54, 1.807) is 6.92 Å². The summed E-state index contributed by atoms with van der Waals surface area (Å²) in [6.45, 7) is 13.0. The molecule has 6 heteroatoms. The average molecular weight is 321 g/mol. The van der Waals surface area contributed by atoms with Gasteiger partial charge in [0.25, 0.3) is 0 Å². The molecule has 0 N–H and O–H groups in total. The smallest absolute Gasteiger partial charge is 0.367 e. The maximum Gasteiger partial charge on any atom is 0.367 e. The number of hydrogen-bond acceptors (Lipinski definition) is 5. The molecule has 0 rings (SSSR count). The van der Waals surface area contributed by atoms with Gasteiger partial charge in [-0.05, 0) is 26.3 Å². The van der Waals surface area contributed by atoms with Crippen LogP contribution in [0.25, 0.3) is 0 Å². The Morgan fingerprint density at radius 3 is 1.86 bits per heavy atom. The topological polar surface area (TPSA) is 54.0 Å². The number of carbonyl (C=O) groups is 1. The minimum Gasteiger partial charge on any atom is -0.436 e. The number of rotatable bonds is 12. The van der Waals surface area contributed by atoms with Gasteiger partial charge in [0.15, 0.2) is 0 Å². The first-order chi connectivity index (χ1) is 10.0. The van der Waals surface area contributed by atoms with Gasteiger partial charge in [-0.15, -0.1) is 0 Å². The van der Waals surface area contributed by atoms with Gasteiger partial charge in [-0.1, -0.05) is 27.7 Å². The lowest BCUT2D eigenvalue weighted by molar-refractivity contribution is -0.186. The zero-order chi connectivity index (χ0) is 16.3. The lowest BCUT2D eigenvalue weighted by atomic mass is 10.4. The van der Waals surface area contributed by atoms with E-state index in [9.17, 15) is 4.79 Å². The van der Waals surface area contributed by atoms with E-state index in [0.717, 1.165) is 12.5 Å². The fraction of sp³-hybridized carbons (Fsp3) is 0.933. The van der Waals surface area contributed by atoms with Crippen LogP contribution in [0.15, 0.2) is 0 Å². The fourth-order valence-electron chi connectivity index (χ4n) is 2.28. The van der Waals surface area contributed by atoms with Crippen LogP contribution in [0.4, 0.5) is 0 Å². The van der Waals surface area contributed by atoms with Gasteiger partial charge in [0.2, 0.25) is 6.29 Å². The van der Waals surface area contributed by atoms with Gasteiger partial charge in [-0.25, -0.2) is 0 Å². The zero-order valence-electron chi connectivity index (χ0n) is 14.4. The summed E-state index contributed by atoms with van der Waals surface area (Å²) >= 11 is 0. The monoisotopic (exact) mass is 320 g/mol. The van der Waals surface area contributed by atoms with Gasteiger partial charge in [0.05, 0.1) is 0 Å². The van der Waals surface area contributed by atoms with Crippen LogP contribution < -0.4 is 0 Å². The quantitative estimate of drug-likeness (QED) is 0.313. The minimum absolute atomic E-state index is 0.142. The Balaban J connectivity index is 5.00. The van der Waals surface area contributed by atoms with E-state index < -0.39 is 14.9 Å². The van der Waals surface area contributed by atoms with Crippen LogP contribution in [0.1, 0.15) is 60.8 Å². The van der Waals surface area contributed by atoms with Gasteiger partial charge in [0, 0.05) is 26.1 Å². The molecule has 2 atom stereocenters. The van der Waals surface area contributed by atoms with E-state index in [1.807, 2.05) is 20.8 Å². The Bertz CT molecular complexity index is 279. The maximum absolute atomic E-state index is 11.5. The molecule has 0 bridgehead atoms. The van der Waals surface area contributed by atoms with Gasteiger partial charge < -0.3 is 18.3 Å².